The van der Waals surface area contributed by atoms with E-state index in [2.05, 4.69) is 79.3 Å². The van der Waals surface area contributed by atoms with Gasteiger partial charge in [-0.25, -0.2) is 0 Å². The van der Waals surface area contributed by atoms with E-state index < -0.39 is 0 Å². The fourth-order valence-electron chi connectivity index (χ4n) is 4.86. The summed E-state index contributed by atoms with van der Waals surface area (Å²) >= 11 is 0. The summed E-state index contributed by atoms with van der Waals surface area (Å²) in [7, 11) is 0. The fourth-order valence-corrected chi connectivity index (χ4v) is 4.86. The quantitative estimate of drug-likeness (QED) is 0.171. The maximum Gasteiger partial charge on any atom is 0.120 e. The summed E-state index contributed by atoms with van der Waals surface area (Å²) in [4.78, 5) is 8.96. The van der Waals surface area contributed by atoms with Crippen LogP contribution in [0.25, 0.3) is 55.6 Å². The molecule has 0 aliphatic heterocycles. The number of hydrogen-bond donors (Lipinski definition) is 0. The number of para-hydroxylation sites is 1. The van der Waals surface area contributed by atoms with Crippen LogP contribution < -0.4 is 0 Å². The molecule has 42 heavy (non-hydrogen) atoms. The van der Waals surface area contributed by atoms with Gasteiger partial charge in [0.2, 0.25) is 0 Å². The van der Waals surface area contributed by atoms with Crippen LogP contribution in [-0.4, -0.2) is 9.97 Å². The number of rotatable bonds is 3. The van der Waals surface area contributed by atoms with Crippen molar-refractivity contribution in [3.05, 3.63) is 145 Å². The molecular weight excluding hydrogens is 693 g/mol. The van der Waals surface area contributed by atoms with Crippen molar-refractivity contribution in [1.29, 1.82) is 0 Å². The molecule has 0 unspecified atom stereocenters. The van der Waals surface area contributed by atoms with Gasteiger partial charge in [-0.2, -0.15) is 0 Å². The third-order valence-electron chi connectivity index (χ3n) is 7.07. The van der Waals surface area contributed by atoms with Crippen LogP contribution in [0.5, 0.6) is 0 Å². The van der Waals surface area contributed by atoms with Gasteiger partial charge < -0.3 is 14.4 Å². The molecule has 209 valence electrons. The summed E-state index contributed by atoms with van der Waals surface area (Å²) in [5.41, 5.74) is 9.29. The number of aromatic nitrogens is 2. The van der Waals surface area contributed by atoms with Crippen molar-refractivity contribution in [1.82, 2.24) is 9.97 Å². The molecule has 0 N–H and O–H groups in total. The fraction of sp³-hybridized carbons (Fsp3) is 0.105. The molecule has 0 spiro atoms. The molecule has 4 aromatic carbocycles. The number of pyridine rings is 2. The second-order valence-corrected chi connectivity index (χ2v) is 10.9. The first-order chi connectivity index (χ1) is 20.0. The van der Waals surface area contributed by atoms with E-state index in [0.29, 0.717) is 0 Å². The largest absolute Gasteiger partial charge is 0.501 e. The van der Waals surface area contributed by atoms with E-state index in [1.807, 2.05) is 91.3 Å². The van der Waals surface area contributed by atoms with E-state index in [-0.39, 0.29) is 25.5 Å². The Labute approximate surface area is 260 Å². The molecule has 1 radical (unpaired) electrons. The van der Waals surface area contributed by atoms with Gasteiger partial charge in [-0.15, -0.1) is 54.1 Å². The molecule has 3 aromatic heterocycles. The van der Waals surface area contributed by atoms with E-state index in [4.69, 9.17) is 4.42 Å². The molecule has 4 heteroatoms. The van der Waals surface area contributed by atoms with Crippen molar-refractivity contribution in [2.24, 2.45) is 0 Å². The summed E-state index contributed by atoms with van der Waals surface area (Å²) in [5, 5.41) is 2.21. The number of fused-ring (bicyclic) bond motifs is 3. The Kier molecular flexibility index (Phi) is 8.77. The van der Waals surface area contributed by atoms with Crippen LogP contribution in [0.15, 0.2) is 132 Å². The van der Waals surface area contributed by atoms with Gasteiger partial charge in [-0.05, 0) is 51.7 Å². The topological polar surface area (TPSA) is 38.9 Å². The smallest absolute Gasteiger partial charge is 0.120 e. The van der Waals surface area contributed by atoms with Crippen LogP contribution in [0.1, 0.15) is 26.3 Å². The summed E-state index contributed by atoms with van der Waals surface area (Å²) in [6.45, 7) is 6.63. The van der Waals surface area contributed by atoms with Crippen molar-refractivity contribution >= 4 is 21.9 Å². The van der Waals surface area contributed by atoms with Gasteiger partial charge in [0, 0.05) is 37.9 Å². The van der Waals surface area contributed by atoms with Gasteiger partial charge in [-0.3, -0.25) is 0 Å². The summed E-state index contributed by atoms with van der Waals surface area (Å²) in [6.07, 6.45) is 3.71. The molecule has 0 saturated carbocycles. The van der Waals surface area contributed by atoms with Crippen LogP contribution in [0.2, 0.25) is 0 Å². The number of benzene rings is 4. The molecular formula is C38H30IrN2O-2. The van der Waals surface area contributed by atoms with E-state index in [9.17, 15) is 0 Å². The Morgan fingerprint density at radius 3 is 2.14 bits per heavy atom. The molecule has 3 nitrogen and oxygen atoms in total. The van der Waals surface area contributed by atoms with Crippen LogP contribution in [0.4, 0.5) is 0 Å². The second kappa shape index (κ2) is 12.6. The zero-order valence-corrected chi connectivity index (χ0v) is 26.2. The molecule has 0 saturated heterocycles. The zero-order valence-electron chi connectivity index (χ0n) is 23.8. The Morgan fingerprint density at radius 2 is 1.36 bits per heavy atom. The minimum Gasteiger partial charge on any atom is -0.501 e. The van der Waals surface area contributed by atoms with Gasteiger partial charge >= 0.3 is 0 Å². The minimum atomic E-state index is 0. The predicted octanol–water partition coefficient (Wildman–Crippen LogP) is 9.96. The molecule has 0 fully saturated rings. The molecule has 3 heterocycles. The van der Waals surface area contributed by atoms with Gasteiger partial charge in [0.25, 0.3) is 0 Å². The van der Waals surface area contributed by atoms with E-state index in [1.54, 1.807) is 0 Å². The van der Waals surface area contributed by atoms with E-state index >= 15 is 0 Å². The van der Waals surface area contributed by atoms with Crippen LogP contribution >= 0.6 is 0 Å². The second-order valence-electron chi connectivity index (χ2n) is 10.9. The number of hydrogen-bond acceptors (Lipinski definition) is 3. The molecule has 0 amide bonds. The van der Waals surface area contributed by atoms with Gasteiger partial charge in [0.05, 0.1) is 5.58 Å². The Bertz CT molecular complexity index is 1920. The maximum atomic E-state index is 6.11. The summed E-state index contributed by atoms with van der Waals surface area (Å²) in [6, 6.07) is 45.2. The van der Waals surface area contributed by atoms with Crippen LogP contribution in [-0.2, 0) is 25.5 Å². The molecule has 7 aromatic rings. The zero-order chi connectivity index (χ0) is 28.2. The predicted molar refractivity (Wildman–Crippen MR) is 168 cm³/mol. The molecule has 0 aliphatic carbocycles. The van der Waals surface area contributed by atoms with Crippen molar-refractivity contribution in [3.8, 4) is 33.6 Å². The van der Waals surface area contributed by atoms with Crippen LogP contribution in [0, 0.1) is 12.1 Å². The average Bonchev–Trinajstić information content (AvgIpc) is 3.41. The monoisotopic (exact) mass is 723 g/mol. The van der Waals surface area contributed by atoms with E-state index in [0.717, 1.165) is 50.0 Å². The van der Waals surface area contributed by atoms with Crippen molar-refractivity contribution < 1.29 is 24.5 Å². The first-order valence-electron chi connectivity index (χ1n) is 13.7. The third-order valence-corrected chi connectivity index (χ3v) is 7.07. The van der Waals surface area contributed by atoms with Crippen molar-refractivity contribution in [2.45, 2.75) is 26.2 Å². The molecule has 0 aliphatic rings. The van der Waals surface area contributed by atoms with Gasteiger partial charge in [0.15, 0.2) is 0 Å². The number of furan rings is 1. The third kappa shape index (κ3) is 6.26. The Morgan fingerprint density at radius 1 is 0.619 bits per heavy atom. The first kappa shape index (κ1) is 29.1. The summed E-state index contributed by atoms with van der Waals surface area (Å²) < 4.78 is 6.11. The summed E-state index contributed by atoms with van der Waals surface area (Å²) in [5.74, 6) is 0. The number of nitrogens with zero attached hydrogens (tertiary/aromatic N) is 2. The SMILES string of the molecule is CC(C)(C)c1ccnc(-c2[c-]cccc2)c1.[Ir].[c-]1ccc2c(oc3ccccc32)c1-c1cc(-c2ccccc2)ccn1. The maximum absolute atomic E-state index is 6.11. The van der Waals surface area contributed by atoms with Gasteiger partial charge in [0.1, 0.15) is 5.58 Å². The van der Waals surface area contributed by atoms with E-state index in [1.165, 1.54) is 11.1 Å². The van der Waals surface area contributed by atoms with Crippen molar-refractivity contribution in [3.63, 3.8) is 0 Å². The molecule has 7 rings (SSSR count). The Balaban J connectivity index is 0.000000181. The molecule has 0 atom stereocenters. The average molecular weight is 723 g/mol. The normalized spacial score (nSPS) is 11.0. The van der Waals surface area contributed by atoms with Crippen LogP contribution in [0.3, 0.4) is 0 Å². The Hall–Kier alpha value is -4.37. The molecule has 0 bridgehead atoms. The van der Waals surface area contributed by atoms with Gasteiger partial charge in [-0.1, -0.05) is 92.4 Å². The first-order valence-corrected chi connectivity index (χ1v) is 13.7. The van der Waals surface area contributed by atoms with Crippen molar-refractivity contribution in [2.75, 3.05) is 0 Å². The minimum absolute atomic E-state index is 0. The standard InChI is InChI=1S/C23H14NO.C15H16N.Ir/c1-2-7-16(8-3-1)17-13-14-24-21(15-17)20-11-6-10-19-18-9-4-5-12-22(18)25-23(19)20;1-15(2,3)13-9-10-16-14(11-13)12-7-5-4-6-8-12;/h1-10,12-15H;4-7,9-11H,1-3H3;/q2*-1;.